The van der Waals surface area contributed by atoms with Gasteiger partial charge in [-0.15, -0.1) is 0 Å². The average Bonchev–Trinajstić information content (AvgIpc) is 3.37. The summed E-state index contributed by atoms with van der Waals surface area (Å²) in [6.45, 7) is 1.02. The highest BCUT2D eigenvalue weighted by atomic mass is 79.9. The predicted molar refractivity (Wildman–Crippen MR) is 110 cm³/mol. The second-order valence-corrected chi connectivity index (χ2v) is 8.37. The summed E-state index contributed by atoms with van der Waals surface area (Å²) in [5, 5.41) is 16.2. The van der Waals surface area contributed by atoms with Gasteiger partial charge < -0.3 is 15.1 Å². The van der Waals surface area contributed by atoms with Gasteiger partial charge in [0.25, 0.3) is 0 Å². The molecule has 1 atom stereocenters. The molecule has 1 aliphatic carbocycles. The molecule has 8 heteroatoms. The number of nitrogens with one attached hydrogen (secondary N) is 2. The Bertz CT molecular complexity index is 913. The van der Waals surface area contributed by atoms with Gasteiger partial charge in [0.1, 0.15) is 11.9 Å². The van der Waals surface area contributed by atoms with Crippen LogP contribution in [0.4, 0.5) is 5.82 Å². The first-order valence-corrected chi connectivity index (χ1v) is 10.6. The van der Waals surface area contributed by atoms with E-state index < -0.39 is 0 Å². The number of rotatable bonds is 4. The molecule has 2 aromatic rings. The van der Waals surface area contributed by atoms with E-state index in [1.807, 2.05) is 6.07 Å². The summed E-state index contributed by atoms with van der Waals surface area (Å²) >= 11 is 3.60. The number of amides is 1. The molecule has 28 heavy (non-hydrogen) atoms. The van der Waals surface area contributed by atoms with Gasteiger partial charge in [-0.05, 0) is 61.0 Å². The first-order valence-electron chi connectivity index (χ1n) is 9.82. The number of carbonyl (C=O) groups is 1. The number of hydrogen-bond acceptors (Lipinski definition) is 6. The van der Waals surface area contributed by atoms with Gasteiger partial charge in [-0.1, -0.05) is 0 Å². The molecule has 0 aromatic carbocycles. The Morgan fingerprint density at radius 3 is 2.86 bits per heavy atom. The van der Waals surface area contributed by atoms with Crippen LogP contribution in [0.5, 0.6) is 0 Å². The van der Waals surface area contributed by atoms with Gasteiger partial charge >= 0.3 is 0 Å². The largest absolute Gasteiger partial charge is 0.444 e. The minimum absolute atomic E-state index is 0.0353. The van der Waals surface area contributed by atoms with Crippen molar-refractivity contribution in [3.63, 3.8) is 0 Å². The second kappa shape index (κ2) is 8.10. The number of anilines is 1. The number of hydrogen-bond donors (Lipinski definition) is 2. The van der Waals surface area contributed by atoms with Crippen molar-refractivity contribution >= 4 is 38.6 Å². The van der Waals surface area contributed by atoms with E-state index in [1.54, 1.807) is 19.3 Å². The molecule has 1 amide bonds. The molecular formula is C20H24BrN5O2. The zero-order valence-corrected chi connectivity index (χ0v) is 17.5. The summed E-state index contributed by atoms with van der Waals surface area (Å²) in [5.41, 5.74) is 0.604. The predicted octanol–water partition coefficient (Wildman–Crippen LogP) is 3.40. The first-order chi connectivity index (χ1) is 13.6. The van der Waals surface area contributed by atoms with E-state index in [0.717, 1.165) is 60.7 Å². The van der Waals surface area contributed by atoms with Crippen LogP contribution in [0.15, 0.2) is 21.2 Å². The van der Waals surface area contributed by atoms with Crippen LogP contribution >= 0.6 is 15.9 Å². The Morgan fingerprint density at radius 1 is 1.36 bits per heavy atom. The lowest BCUT2D eigenvalue weighted by atomic mass is 9.89. The number of nitrogens with zero attached hydrogens (tertiary/aromatic N) is 3. The van der Waals surface area contributed by atoms with E-state index in [0.29, 0.717) is 17.7 Å². The topological polar surface area (TPSA) is 94.2 Å². The maximum atomic E-state index is 12.1. The SMILES string of the molecule is CNC(=O)[C@H]1CCCN1C1CCC(Nc2ncc3oc(C#N)cc3c2Br)CC1. The summed E-state index contributed by atoms with van der Waals surface area (Å²) in [6.07, 6.45) is 7.97. The van der Waals surface area contributed by atoms with Crippen molar-refractivity contribution in [1.82, 2.24) is 15.2 Å². The quantitative estimate of drug-likeness (QED) is 0.748. The van der Waals surface area contributed by atoms with Crippen LogP contribution in [-0.4, -0.2) is 47.5 Å². The number of aromatic nitrogens is 1. The maximum absolute atomic E-state index is 12.1. The fourth-order valence-corrected chi connectivity index (χ4v) is 5.08. The van der Waals surface area contributed by atoms with E-state index in [-0.39, 0.29) is 17.7 Å². The number of likely N-dealkylation sites (tertiary alicyclic amines) is 1. The maximum Gasteiger partial charge on any atom is 0.237 e. The summed E-state index contributed by atoms with van der Waals surface area (Å²) in [4.78, 5) is 19.0. The first kappa shape index (κ1) is 19.2. The van der Waals surface area contributed by atoms with Crippen LogP contribution in [0.2, 0.25) is 0 Å². The molecule has 148 valence electrons. The van der Waals surface area contributed by atoms with Crippen molar-refractivity contribution in [2.45, 2.75) is 56.7 Å². The third-order valence-electron chi connectivity index (χ3n) is 5.98. The molecule has 3 heterocycles. The Morgan fingerprint density at radius 2 is 2.14 bits per heavy atom. The third-order valence-corrected chi connectivity index (χ3v) is 6.78. The summed E-state index contributed by atoms with van der Waals surface area (Å²) in [7, 11) is 1.72. The molecule has 2 fully saturated rings. The number of likely N-dealkylation sites (N-methyl/N-ethyl adjacent to an activating group) is 1. The molecule has 1 saturated carbocycles. The number of nitriles is 1. The highest BCUT2D eigenvalue weighted by molar-refractivity contribution is 9.10. The highest BCUT2D eigenvalue weighted by Crippen LogP contribution is 2.34. The van der Waals surface area contributed by atoms with Crippen molar-refractivity contribution < 1.29 is 9.21 Å². The van der Waals surface area contributed by atoms with Gasteiger partial charge in [0.15, 0.2) is 5.58 Å². The van der Waals surface area contributed by atoms with Crippen LogP contribution in [0.3, 0.4) is 0 Å². The van der Waals surface area contributed by atoms with Crippen molar-refractivity contribution in [2.24, 2.45) is 0 Å². The number of carbonyl (C=O) groups excluding carboxylic acids is 1. The van der Waals surface area contributed by atoms with E-state index >= 15 is 0 Å². The number of furan rings is 1. The molecule has 0 radical (unpaired) electrons. The molecule has 0 bridgehead atoms. The van der Waals surface area contributed by atoms with Gasteiger partial charge in [0.2, 0.25) is 11.7 Å². The van der Waals surface area contributed by atoms with Crippen molar-refractivity contribution in [2.75, 3.05) is 18.9 Å². The van der Waals surface area contributed by atoms with E-state index in [4.69, 9.17) is 9.68 Å². The van der Waals surface area contributed by atoms with Gasteiger partial charge in [0, 0.05) is 30.6 Å². The lowest BCUT2D eigenvalue weighted by molar-refractivity contribution is -0.125. The fourth-order valence-electron chi connectivity index (χ4n) is 4.56. The Labute approximate surface area is 172 Å². The molecule has 0 spiro atoms. The van der Waals surface area contributed by atoms with Crippen LogP contribution in [-0.2, 0) is 4.79 Å². The monoisotopic (exact) mass is 445 g/mol. The summed E-state index contributed by atoms with van der Waals surface area (Å²) in [6, 6.07) is 4.62. The minimum atomic E-state index is 0.0353. The van der Waals surface area contributed by atoms with E-state index in [1.165, 1.54) is 0 Å². The van der Waals surface area contributed by atoms with Crippen LogP contribution < -0.4 is 10.6 Å². The Kier molecular flexibility index (Phi) is 5.56. The summed E-state index contributed by atoms with van der Waals surface area (Å²) in [5.74, 6) is 1.22. The van der Waals surface area contributed by atoms with Crippen molar-refractivity contribution in [3.05, 3.63) is 22.5 Å². The second-order valence-electron chi connectivity index (χ2n) is 7.58. The van der Waals surface area contributed by atoms with Gasteiger partial charge in [-0.2, -0.15) is 5.26 Å². The van der Waals surface area contributed by atoms with Crippen molar-refractivity contribution in [1.29, 1.82) is 5.26 Å². The fraction of sp³-hybridized carbons (Fsp3) is 0.550. The molecule has 7 nitrogen and oxygen atoms in total. The van der Waals surface area contributed by atoms with Gasteiger partial charge in [-0.3, -0.25) is 9.69 Å². The third kappa shape index (κ3) is 3.61. The Hall–Kier alpha value is -2.11. The van der Waals surface area contributed by atoms with Crippen LogP contribution in [0, 0.1) is 11.3 Å². The molecular weight excluding hydrogens is 422 g/mol. The minimum Gasteiger partial charge on any atom is -0.444 e. The number of halogens is 1. The molecule has 4 rings (SSSR count). The normalized spacial score (nSPS) is 25.5. The summed E-state index contributed by atoms with van der Waals surface area (Å²) < 4.78 is 6.26. The molecule has 2 N–H and O–H groups in total. The molecule has 2 aromatic heterocycles. The Balaban J connectivity index is 1.40. The molecule has 2 aliphatic rings. The van der Waals surface area contributed by atoms with E-state index in [9.17, 15) is 4.79 Å². The lowest BCUT2D eigenvalue weighted by Gasteiger charge is -2.37. The molecule has 1 saturated heterocycles. The van der Waals surface area contributed by atoms with Gasteiger partial charge in [-0.25, -0.2) is 4.98 Å². The van der Waals surface area contributed by atoms with Crippen LogP contribution in [0.25, 0.3) is 11.0 Å². The zero-order chi connectivity index (χ0) is 19.7. The zero-order valence-electron chi connectivity index (χ0n) is 15.9. The van der Waals surface area contributed by atoms with Crippen molar-refractivity contribution in [3.8, 4) is 6.07 Å². The average molecular weight is 446 g/mol. The molecule has 0 unspecified atom stereocenters. The lowest BCUT2D eigenvalue weighted by Crippen LogP contribution is -2.48. The van der Waals surface area contributed by atoms with Crippen LogP contribution in [0.1, 0.15) is 44.3 Å². The van der Waals surface area contributed by atoms with Gasteiger partial charge in [0.05, 0.1) is 16.7 Å². The number of fused-ring (bicyclic) bond motifs is 1. The molecule has 1 aliphatic heterocycles. The number of pyridine rings is 1. The smallest absolute Gasteiger partial charge is 0.237 e. The van der Waals surface area contributed by atoms with E-state index in [2.05, 4.69) is 36.4 Å². The highest BCUT2D eigenvalue weighted by Gasteiger charge is 2.36. The standard InChI is InChI=1S/C20H24BrN5O2/c1-23-20(27)16-3-2-8-26(16)13-6-4-12(5-7-13)25-19-18(21)15-9-14(10-22)28-17(15)11-24-19/h9,11-13,16H,2-8H2,1H3,(H,23,27)(H,24,25)/t12?,13?,16-/m1/s1.